The first kappa shape index (κ1) is 36.5. The molecule has 3 atom stereocenters. The summed E-state index contributed by atoms with van der Waals surface area (Å²) in [4.78, 5) is 64.9. The molecule has 0 bridgehead atoms. The van der Waals surface area contributed by atoms with Gasteiger partial charge in [0, 0.05) is 22.7 Å². The summed E-state index contributed by atoms with van der Waals surface area (Å²) in [6, 6.07) is 21.9. The molecule has 10 nitrogen and oxygen atoms in total. The summed E-state index contributed by atoms with van der Waals surface area (Å²) in [5, 5.41) is 12.8. The van der Waals surface area contributed by atoms with Gasteiger partial charge in [0.25, 0.3) is 0 Å². The number of aryl methyl sites for hydroxylation is 1. The number of anilines is 1. The van der Waals surface area contributed by atoms with E-state index in [9.17, 15) is 33.7 Å². The molecule has 3 aromatic carbocycles. The van der Waals surface area contributed by atoms with Crippen molar-refractivity contribution in [2.45, 2.75) is 50.5 Å². The third-order valence-corrected chi connectivity index (χ3v) is 10.9. The highest BCUT2D eigenvalue weighted by atomic mass is 32.2. The highest BCUT2D eigenvalue weighted by molar-refractivity contribution is 8.05. The number of carbonyl (C=O) groups is 4. The number of methoxy groups -OCH3 is 1. The molecule has 0 spiro atoms. The van der Waals surface area contributed by atoms with Gasteiger partial charge < -0.3 is 20.1 Å². The first-order valence-electron chi connectivity index (χ1n) is 15.0. The third-order valence-electron chi connectivity index (χ3n) is 7.20. The molecule has 0 saturated carbocycles. The largest absolute Gasteiger partial charge is 0.480 e. The van der Waals surface area contributed by atoms with Gasteiger partial charge in [-0.1, -0.05) is 62.4 Å². The molecule has 0 aliphatic rings. The number of carboxylic acids is 1. The number of esters is 1. The second-order valence-corrected chi connectivity index (χ2v) is 15.2. The summed E-state index contributed by atoms with van der Waals surface area (Å²) >= 11 is 1.20. The van der Waals surface area contributed by atoms with Crippen LogP contribution in [-0.4, -0.2) is 63.6 Å². The van der Waals surface area contributed by atoms with Gasteiger partial charge >= 0.3 is 18.0 Å². The smallest absolute Gasteiger partial charge is 0.337 e. The van der Waals surface area contributed by atoms with Crippen LogP contribution in [0.15, 0.2) is 89.8 Å². The Balaban J connectivity index is 1.92. The van der Waals surface area contributed by atoms with Crippen molar-refractivity contribution in [3.8, 4) is 0 Å². The van der Waals surface area contributed by atoms with E-state index in [0.717, 1.165) is 10.5 Å². The zero-order chi connectivity index (χ0) is 33.7. The predicted octanol–water partition coefficient (Wildman–Crippen LogP) is 6.99. The average Bonchev–Trinajstić information content (AvgIpc) is 3.03. The van der Waals surface area contributed by atoms with Gasteiger partial charge in [0.2, 0.25) is 13.3 Å². The van der Waals surface area contributed by atoms with Crippen molar-refractivity contribution in [3.63, 3.8) is 0 Å². The molecule has 0 aliphatic carbocycles. The summed E-state index contributed by atoms with van der Waals surface area (Å²) < 4.78 is 18.2. The molecule has 0 saturated heterocycles. The van der Waals surface area contributed by atoms with Crippen molar-refractivity contribution in [2.75, 3.05) is 24.1 Å². The second kappa shape index (κ2) is 17.7. The van der Waals surface area contributed by atoms with Gasteiger partial charge in [-0.05, 0) is 73.6 Å². The number of ether oxygens (including phenoxy) is 1. The Bertz CT molecular complexity index is 1500. The van der Waals surface area contributed by atoms with Crippen LogP contribution >= 0.6 is 19.1 Å². The highest BCUT2D eigenvalue weighted by Crippen LogP contribution is 2.48. The van der Waals surface area contributed by atoms with Crippen LogP contribution in [0, 0.1) is 11.8 Å². The number of nitrogens with one attached hydrogen (secondary N) is 1. The number of rotatable bonds is 16. The Morgan fingerprint density at radius 1 is 0.935 bits per heavy atom. The molecule has 3 amide bonds. The minimum Gasteiger partial charge on any atom is -0.480 e. The number of amides is 3. The van der Waals surface area contributed by atoms with E-state index in [1.165, 1.54) is 43.1 Å². The average molecular weight is 669 g/mol. The number of carbonyl (C=O) groups excluding carboxylic acids is 3. The molecule has 0 radical (unpaired) electrons. The van der Waals surface area contributed by atoms with Crippen LogP contribution in [0.4, 0.5) is 10.5 Å². The molecule has 3 aromatic rings. The molecule has 0 heterocycles. The van der Waals surface area contributed by atoms with E-state index in [0.29, 0.717) is 17.7 Å². The van der Waals surface area contributed by atoms with Crippen LogP contribution in [0.3, 0.4) is 0 Å². The van der Waals surface area contributed by atoms with E-state index in [-0.39, 0.29) is 35.5 Å². The number of urea groups is 1. The quantitative estimate of drug-likeness (QED) is 0.0833. The summed E-state index contributed by atoms with van der Waals surface area (Å²) in [6.45, 7) is 3.56. The number of thioether (sulfide) groups is 1. The lowest BCUT2D eigenvalue weighted by atomic mass is 9.97. The number of benzene rings is 3. The molecular formula is C34H41N2O8PS. The van der Waals surface area contributed by atoms with Crippen LogP contribution in [0.1, 0.15) is 49.0 Å². The third kappa shape index (κ3) is 11.5. The van der Waals surface area contributed by atoms with Crippen LogP contribution < -0.4 is 5.32 Å². The van der Waals surface area contributed by atoms with Crippen molar-refractivity contribution in [1.29, 1.82) is 0 Å². The molecule has 3 N–H and O–H groups in total. The van der Waals surface area contributed by atoms with Crippen LogP contribution in [-0.2, 0) is 25.3 Å². The van der Waals surface area contributed by atoms with E-state index in [1.807, 2.05) is 60.7 Å². The fourth-order valence-electron chi connectivity index (χ4n) is 4.93. The van der Waals surface area contributed by atoms with Crippen LogP contribution in [0.25, 0.3) is 0 Å². The lowest BCUT2D eigenvalue weighted by molar-refractivity contribution is -0.149. The van der Waals surface area contributed by atoms with Crippen LogP contribution in [0.2, 0.25) is 0 Å². The van der Waals surface area contributed by atoms with Gasteiger partial charge in [-0.2, -0.15) is 0 Å². The summed E-state index contributed by atoms with van der Waals surface area (Å²) in [5.41, 5.74) is 1.33. The van der Waals surface area contributed by atoms with Crippen molar-refractivity contribution in [2.24, 2.45) is 11.8 Å². The number of aliphatic carboxylic acids is 1. The minimum absolute atomic E-state index is 0.0207. The SMILES string of the molecule is COC(=O)c1ccc(NC(=O)N(C(=O)C(CCCc2ccccc2)CP(=O)(O)CSc2ccccc2)[C@@H](CC(C)C)C(=O)O)cc1. The van der Waals surface area contributed by atoms with Crippen molar-refractivity contribution in [3.05, 3.63) is 96.1 Å². The summed E-state index contributed by atoms with van der Waals surface area (Å²) in [7, 11) is -2.68. The van der Waals surface area contributed by atoms with E-state index in [4.69, 9.17) is 4.74 Å². The Hall–Kier alpha value is -3.92. The van der Waals surface area contributed by atoms with E-state index in [1.54, 1.807) is 13.8 Å². The van der Waals surface area contributed by atoms with Crippen LogP contribution in [0.5, 0.6) is 0 Å². The topological polar surface area (TPSA) is 150 Å². The van der Waals surface area contributed by atoms with Gasteiger partial charge in [0.15, 0.2) is 0 Å². The first-order chi connectivity index (χ1) is 21.9. The maximum Gasteiger partial charge on any atom is 0.337 e. The Morgan fingerprint density at radius 2 is 1.54 bits per heavy atom. The van der Waals surface area contributed by atoms with Crippen molar-refractivity contribution in [1.82, 2.24) is 4.90 Å². The molecule has 246 valence electrons. The first-order valence-corrected chi connectivity index (χ1v) is 18.0. The Labute approximate surface area is 274 Å². The molecule has 0 aliphatic heterocycles. The molecule has 3 rings (SSSR count). The van der Waals surface area contributed by atoms with Gasteiger partial charge in [-0.15, -0.1) is 11.8 Å². The maximum atomic E-state index is 14.3. The summed E-state index contributed by atoms with van der Waals surface area (Å²) in [6.07, 6.45) is 0.796. The van der Waals surface area contributed by atoms with Crippen molar-refractivity contribution >= 4 is 48.7 Å². The Morgan fingerprint density at radius 3 is 2.11 bits per heavy atom. The zero-order valence-corrected chi connectivity index (χ0v) is 27.9. The monoisotopic (exact) mass is 668 g/mol. The zero-order valence-electron chi connectivity index (χ0n) is 26.2. The fraction of sp³-hybridized carbons (Fsp3) is 0.353. The lowest BCUT2D eigenvalue weighted by Crippen LogP contribution is -2.53. The molecular weight excluding hydrogens is 627 g/mol. The molecule has 0 fully saturated rings. The highest BCUT2D eigenvalue weighted by Gasteiger charge is 2.40. The van der Waals surface area contributed by atoms with E-state index in [2.05, 4.69) is 5.32 Å². The maximum absolute atomic E-state index is 14.3. The number of imide groups is 1. The lowest BCUT2D eigenvalue weighted by Gasteiger charge is -2.32. The number of hydrogen-bond acceptors (Lipinski definition) is 7. The predicted molar refractivity (Wildman–Crippen MR) is 179 cm³/mol. The molecule has 12 heteroatoms. The van der Waals surface area contributed by atoms with Gasteiger partial charge in [0.1, 0.15) is 6.04 Å². The standard InChI is InChI=1S/C34H41N2O8PS/c1-24(2)21-30(32(38)39)36(34(41)35-28-19-17-26(18-20-28)33(40)44-3)31(37)27(14-10-13-25-11-6-4-7-12-25)22-45(42,43)23-46-29-15-8-5-9-16-29/h4-9,11-12,15-20,24,27,30H,10,13-14,21-23H2,1-3H3,(H,35,41)(H,38,39)(H,42,43)/t27?,30-/m0/s1. The van der Waals surface area contributed by atoms with E-state index < -0.39 is 49.4 Å². The fourth-order valence-corrected chi connectivity index (χ4v) is 8.13. The number of hydrogen-bond donors (Lipinski definition) is 3. The Kier molecular flexibility index (Phi) is 14.1. The van der Waals surface area contributed by atoms with Gasteiger partial charge in [-0.3, -0.25) is 9.36 Å². The second-order valence-electron chi connectivity index (χ2n) is 11.4. The number of carboxylic acid groups (broad SMARTS) is 1. The number of nitrogens with zero attached hydrogens (tertiary/aromatic N) is 1. The minimum atomic E-state index is -3.92. The summed E-state index contributed by atoms with van der Waals surface area (Å²) in [5.74, 6) is -4.06. The molecule has 0 aromatic heterocycles. The van der Waals surface area contributed by atoms with E-state index >= 15 is 0 Å². The van der Waals surface area contributed by atoms with Gasteiger partial charge in [-0.25, -0.2) is 19.3 Å². The van der Waals surface area contributed by atoms with Gasteiger partial charge in [0.05, 0.1) is 18.2 Å². The molecule has 46 heavy (non-hydrogen) atoms. The molecule has 2 unspecified atom stereocenters. The normalized spacial score (nSPS) is 13.7. The van der Waals surface area contributed by atoms with Crippen molar-refractivity contribution < 1.29 is 38.5 Å².